The molecule has 1 heterocycles. The molecule has 37 heavy (non-hydrogen) atoms. The topological polar surface area (TPSA) is 117 Å². The van der Waals surface area contributed by atoms with E-state index in [2.05, 4.69) is 16.3 Å². The predicted molar refractivity (Wildman–Crippen MR) is 139 cm³/mol. The predicted octanol–water partition coefficient (Wildman–Crippen LogP) is 2.78. The van der Waals surface area contributed by atoms with Gasteiger partial charge in [-0.25, -0.2) is 5.06 Å². The minimum atomic E-state index is -0.722. The van der Waals surface area contributed by atoms with E-state index in [1.165, 1.54) is 0 Å². The van der Waals surface area contributed by atoms with Crippen molar-refractivity contribution < 1.29 is 19.6 Å². The van der Waals surface area contributed by atoms with Crippen LogP contribution in [-0.2, 0) is 20.9 Å². The molecule has 1 saturated carbocycles. The van der Waals surface area contributed by atoms with Gasteiger partial charge in [0.25, 0.3) is 0 Å². The molecule has 2 atom stereocenters. The van der Waals surface area contributed by atoms with Crippen molar-refractivity contribution in [2.75, 3.05) is 32.7 Å². The minimum Gasteiger partial charge on any atom is -0.344 e. The van der Waals surface area contributed by atoms with Gasteiger partial charge in [-0.2, -0.15) is 5.26 Å². The quantitative estimate of drug-likeness (QED) is 0.283. The van der Waals surface area contributed by atoms with Crippen molar-refractivity contribution in [1.82, 2.24) is 20.2 Å². The molecule has 0 spiro atoms. The molecule has 2 fully saturated rings. The van der Waals surface area contributed by atoms with Gasteiger partial charge >= 0.3 is 0 Å². The van der Waals surface area contributed by atoms with Gasteiger partial charge in [-0.3, -0.25) is 24.5 Å². The number of carbonyl (C=O) groups is 3. The number of carbonyl (C=O) groups excluding carboxylic acids is 3. The second-order valence-electron chi connectivity index (χ2n) is 11.5. The summed E-state index contributed by atoms with van der Waals surface area (Å²) in [6.45, 7) is 8.80. The van der Waals surface area contributed by atoms with Crippen LogP contribution < -0.4 is 5.32 Å². The van der Waals surface area contributed by atoms with Crippen molar-refractivity contribution >= 4 is 18.2 Å². The van der Waals surface area contributed by atoms with Crippen molar-refractivity contribution in [1.29, 1.82) is 5.26 Å². The fraction of sp³-hybridized carbons (Fsp3) is 0.643. The summed E-state index contributed by atoms with van der Waals surface area (Å²) < 4.78 is 0. The van der Waals surface area contributed by atoms with Gasteiger partial charge in [0.15, 0.2) is 0 Å². The lowest BCUT2D eigenvalue weighted by Crippen LogP contribution is -2.59. The number of amides is 3. The van der Waals surface area contributed by atoms with E-state index in [1.54, 1.807) is 4.90 Å². The summed E-state index contributed by atoms with van der Waals surface area (Å²) in [7, 11) is 0. The highest BCUT2D eigenvalue weighted by atomic mass is 16.5. The number of hydrogen-bond donors (Lipinski definition) is 2. The molecular weight excluding hydrogens is 470 g/mol. The van der Waals surface area contributed by atoms with Crippen LogP contribution in [0.4, 0.5) is 0 Å². The molecule has 0 bridgehead atoms. The van der Waals surface area contributed by atoms with Crippen LogP contribution in [0.3, 0.4) is 0 Å². The van der Waals surface area contributed by atoms with E-state index in [0.717, 1.165) is 31.2 Å². The fourth-order valence-corrected chi connectivity index (χ4v) is 5.41. The number of benzene rings is 1. The first kappa shape index (κ1) is 28.6. The normalized spacial score (nSPS) is 18.6. The van der Waals surface area contributed by atoms with Crippen LogP contribution >= 0.6 is 0 Å². The first-order chi connectivity index (χ1) is 17.6. The molecule has 3 amide bonds. The number of rotatable bonds is 10. The summed E-state index contributed by atoms with van der Waals surface area (Å²) in [5, 5.41) is 22.7. The summed E-state index contributed by atoms with van der Waals surface area (Å²) >= 11 is 0. The SMILES string of the molecule is CC(C)(C)[C@H](NC(=O)[C@H](CC1CCCC1)CN(O)C=O)C(=O)N1CCN(Cc2ccccc2C#N)CC1. The Morgan fingerprint density at radius 1 is 1.19 bits per heavy atom. The first-order valence-corrected chi connectivity index (χ1v) is 13.3. The highest BCUT2D eigenvalue weighted by Crippen LogP contribution is 2.31. The number of hydroxylamine groups is 2. The van der Waals surface area contributed by atoms with Crippen molar-refractivity contribution in [3.8, 4) is 6.07 Å². The molecule has 1 aliphatic heterocycles. The first-order valence-electron chi connectivity index (χ1n) is 13.3. The van der Waals surface area contributed by atoms with E-state index in [4.69, 9.17) is 0 Å². The van der Waals surface area contributed by atoms with Crippen LogP contribution in [0.5, 0.6) is 0 Å². The molecule has 2 N–H and O–H groups in total. The van der Waals surface area contributed by atoms with Gasteiger partial charge in [-0.1, -0.05) is 64.7 Å². The van der Waals surface area contributed by atoms with Gasteiger partial charge in [-0.05, 0) is 29.4 Å². The van der Waals surface area contributed by atoms with Gasteiger partial charge < -0.3 is 10.2 Å². The molecule has 202 valence electrons. The molecule has 1 aromatic rings. The Labute approximate surface area is 220 Å². The zero-order chi connectivity index (χ0) is 27.0. The van der Waals surface area contributed by atoms with Gasteiger partial charge in [-0.15, -0.1) is 0 Å². The Balaban J connectivity index is 1.63. The summed E-state index contributed by atoms with van der Waals surface area (Å²) in [4.78, 5) is 42.1. The third kappa shape index (κ3) is 8.01. The highest BCUT2D eigenvalue weighted by molar-refractivity contribution is 5.89. The Morgan fingerprint density at radius 2 is 1.84 bits per heavy atom. The molecule has 0 unspecified atom stereocenters. The zero-order valence-corrected chi connectivity index (χ0v) is 22.4. The van der Waals surface area contributed by atoms with Crippen molar-refractivity contribution in [3.05, 3.63) is 35.4 Å². The standard InChI is InChI=1S/C28H41N5O4/c1-28(2,3)25(30-26(35)24(19-33(37)20-34)16-21-8-4-5-9-21)27(36)32-14-12-31(13-15-32)18-23-11-7-6-10-22(23)17-29/h6-7,10-11,20-21,24-25,37H,4-5,8-9,12-16,18-19H2,1-3H3,(H,30,35)/t24-,25-/m1/s1. The number of hydrogen-bond acceptors (Lipinski definition) is 6. The van der Waals surface area contributed by atoms with Crippen LogP contribution in [-0.4, -0.2) is 77.1 Å². The largest absolute Gasteiger partial charge is 0.344 e. The molecule has 1 saturated heterocycles. The zero-order valence-electron chi connectivity index (χ0n) is 22.4. The molecule has 9 nitrogen and oxygen atoms in total. The molecule has 2 aliphatic rings. The molecule has 0 radical (unpaired) electrons. The number of nitriles is 1. The number of nitrogens with one attached hydrogen (secondary N) is 1. The third-order valence-corrected chi connectivity index (χ3v) is 7.61. The van der Waals surface area contributed by atoms with Crippen LogP contribution in [0.2, 0.25) is 0 Å². The summed E-state index contributed by atoms with van der Waals surface area (Å²) in [6.07, 6.45) is 5.25. The van der Waals surface area contributed by atoms with Crippen LogP contribution in [0.15, 0.2) is 24.3 Å². The Kier molecular flexibility index (Phi) is 10.1. The van der Waals surface area contributed by atoms with E-state index < -0.39 is 17.4 Å². The number of piperazine rings is 1. The van der Waals surface area contributed by atoms with Crippen LogP contribution in [0.1, 0.15) is 64.0 Å². The maximum Gasteiger partial charge on any atom is 0.245 e. The Bertz CT molecular complexity index is 972. The highest BCUT2D eigenvalue weighted by Gasteiger charge is 2.38. The number of nitrogens with zero attached hydrogens (tertiary/aromatic N) is 4. The fourth-order valence-electron chi connectivity index (χ4n) is 5.41. The lowest BCUT2D eigenvalue weighted by Gasteiger charge is -2.40. The van der Waals surface area contributed by atoms with E-state index in [1.807, 2.05) is 45.0 Å². The molecule has 1 aromatic carbocycles. The van der Waals surface area contributed by atoms with Crippen LogP contribution in [0.25, 0.3) is 0 Å². The van der Waals surface area contributed by atoms with Crippen molar-refractivity contribution in [3.63, 3.8) is 0 Å². The lowest BCUT2D eigenvalue weighted by molar-refractivity contribution is -0.156. The van der Waals surface area contributed by atoms with E-state index >= 15 is 0 Å². The molecule has 1 aliphatic carbocycles. The Morgan fingerprint density at radius 3 is 2.43 bits per heavy atom. The van der Waals surface area contributed by atoms with Gasteiger partial charge in [0.05, 0.1) is 24.1 Å². The van der Waals surface area contributed by atoms with Crippen molar-refractivity contribution in [2.45, 2.75) is 65.5 Å². The summed E-state index contributed by atoms with van der Waals surface area (Å²) in [6, 6.07) is 9.08. The Hall–Kier alpha value is -2.96. The van der Waals surface area contributed by atoms with Gasteiger partial charge in [0.2, 0.25) is 18.2 Å². The van der Waals surface area contributed by atoms with Gasteiger partial charge in [0, 0.05) is 32.7 Å². The molecule has 9 heteroatoms. The molecular formula is C28H41N5O4. The summed E-state index contributed by atoms with van der Waals surface area (Å²) in [5.74, 6) is -0.603. The second kappa shape index (κ2) is 13.0. The molecule has 3 rings (SSSR count). The maximum absolute atomic E-state index is 13.6. The molecule has 0 aromatic heterocycles. The summed E-state index contributed by atoms with van der Waals surface area (Å²) in [5.41, 5.74) is 1.13. The smallest absolute Gasteiger partial charge is 0.245 e. The lowest BCUT2D eigenvalue weighted by atomic mass is 9.84. The second-order valence-corrected chi connectivity index (χ2v) is 11.5. The minimum absolute atomic E-state index is 0.0836. The van der Waals surface area contributed by atoms with Gasteiger partial charge in [0.1, 0.15) is 6.04 Å². The average Bonchev–Trinajstić information content (AvgIpc) is 3.39. The average molecular weight is 512 g/mol. The van der Waals surface area contributed by atoms with E-state index in [0.29, 0.717) is 62.1 Å². The van der Waals surface area contributed by atoms with Crippen molar-refractivity contribution in [2.24, 2.45) is 17.3 Å². The maximum atomic E-state index is 13.6. The van der Waals surface area contributed by atoms with Crippen LogP contribution in [0, 0.1) is 28.6 Å². The van der Waals surface area contributed by atoms with E-state index in [9.17, 15) is 24.9 Å². The van der Waals surface area contributed by atoms with E-state index in [-0.39, 0.29) is 18.4 Å². The monoisotopic (exact) mass is 511 g/mol. The third-order valence-electron chi connectivity index (χ3n) is 7.61.